The van der Waals surface area contributed by atoms with E-state index in [0.29, 0.717) is 12.2 Å². The van der Waals surface area contributed by atoms with E-state index < -0.39 is 11.9 Å². The molecule has 1 unspecified atom stereocenters. The lowest BCUT2D eigenvalue weighted by atomic mass is 9.77. The molecule has 0 radical (unpaired) electrons. The molecule has 34 heavy (non-hydrogen) atoms. The van der Waals surface area contributed by atoms with E-state index in [4.69, 9.17) is 34.0 Å². The molecular weight excluding hydrogens is 442 g/mol. The third kappa shape index (κ3) is 6.71. The number of imidazole rings is 1. The van der Waals surface area contributed by atoms with Crippen LogP contribution in [-0.4, -0.2) is 64.3 Å². The molecule has 2 aromatic rings. The average molecular weight is 476 g/mol. The zero-order valence-corrected chi connectivity index (χ0v) is 19.9. The molecule has 3 aliphatic rings. The van der Waals surface area contributed by atoms with Crippen molar-refractivity contribution in [2.75, 3.05) is 26.5 Å². The summed E-state index contributed by atoms with van der Waals surface area (Å²) < 4.78 is 19.4. The summed E-state index contributed by atoms with van der Waals surface area (Å²) in [5.41, 5.74) is 2.61. The van der Waals surface area contributed by atoms with Crippen LogP contribution in [-0.2, 0) is 20.9 Å². The topological polar surface area (TPSA) is 132 Å². The van der Waals surface area contributed by atoms with Crippen molar-refractivity contribution in [3.63, 3.8) is 0 Å². The van der Waals surface area contributed by atoms with E-state index in [2.05, 4.69) is 28.0 Å². The first-order chi connectivity index (χ1) is 16.2. The molecule has 0 saturated carbocycles. The number of carboxylic acid groups (broad SMARTS) is 2. The van der Waals surface area contributed by atoms with Crippen molar-refractivity contribution in [3.8, 4) is 22.9 Å². The lowest BCUT2D eigenvalue weighted by Gasteiger charge is -2.32. The molecule has 10 heteroatoms. The summed E-state index contributed by atoms with van der Waals surface area (Å²) in [5, 5.41) is 18.3. The first kappa shape index (κ1) is 25.5. The van der Waals surface area contributed by atoms with Crippen LogP contribution in [0, 0.1) is 12.3 Å². The summed E-state index contributed by atoms with van der Waals surface area (Å²) in [5.74, 6) is 0.915. The summed E-state index contributed by atoms with van der Waals surface area (Å²) in [4.78, 5) is 22.6. The van der Waals surface area contributed by atoms with Crippen LogP contribution in [0.3, 0.4) is 0 Å². The van der Waals surface area contributed by atoms with Gasteiger partial charge in [0.15, 0.2) is 11.5 Å². The molecule has 2 saturated heterocycles. The Kier molecular flexibility index (Phi) is 8.51. The van der Waals surface area contributed by atoms with Gasteiger partial charge in [-0.1, -0.05) is 0 Å². The van der Waals surface area contributed by atoms with E-state index in [1.54, 1.807) is 0 Å². The van der Waals surface area contributed by atoms with Crippen LogP contribution < -0.4 is 14.8 Å². The SMILES string of the molecule is CC(=O)O.CC(=O)O.Cc1cc2c(cc1-c1nccn1CC1CC3(CCNCC3)CO1)OCO2. The molecule has 1 aromatic heterocycles. The van der Waals surface area contributed by atoms with Crippen LogP contribution in [0.5, 0.6) is 11.5 Å². The molecule has 1 aromatic carbocycles. The summed E-state index contributed by atoms with van der Waals surface area (Å²) in [6.45, 7) is 8.52. The minimum absolute atomic E-state index is 0.260. The molecule has 2 fully saturated rings. The van der Waals surface area contributed by atoms with E-state index in [1.165, 1.54) is 12.8 Å². The van der Waals surface area contributed by atoms with Gasteiger partial charge in [-0.3, -0.25) is 9.59 Å². The van der Waals surface area contributed by atoms with Crippen molar-refractivity contribution >= 4 is 11.9 Å². The number of carbonyl (C=O) groups is 2. The monoisotopic (exact) mass is 475 g/mol. The van der Waals surface area contributed by atoms with Crippen LogP contribution in [0.4, 0.5) is 0 Å². The van der Waals surface area contributed by atoms with Gasteiger partial charge in [0.1, 0.15) is 5.82 Å². The quantitative estimate of drug-likeness (QED) is 0.613. The van der Waals surface area contributed by atoms with Gasteiger partial charge in [0, 0.05) is 31.8 Å². The lowest BCUT2D eigenvalue weighted by Crippen LogP contribution is -2.37. The Morgan fingerprint density at radius 2 is 1.76 bits per heavy atom. The number of aliphatic carboxylic acids is 2. The van der Waals surface area contributed by atoms with Crippen LogP contribution in [0.15, 0.2) is 24.5 Å². The van der Waals surface area contributed by atoms with Crippen LogP contribution in [0.25, 0.3) is 11.4 Å². The molecule has 5 rings (SSSR count). The zero-order chi connectivity index (χ0) is 24.7. The van der Waals surface area contributed by atoms with Crippen molar-refractivity contribution in [2.24, 2.45) is 5.41 Å². The van der Waals surface area contributed by atoms with Crippen molar-refractivity contribution in [1.29, 1.82) is 0 Å². The van der Waals surface area contributed by atoms with Crippen LogP contribution in [0.2, 0.25) is 0 Å². The number of carboxylic acids is 2. The van der Waals surface area contributed by atoms with Crippen molar-refractivity contribution in [1.82, 2.24) is 14.9 Å². The number of nitrogens with zero attached hydrogens (tertiary/aromatic N) is 2. The fraction of sp³-hybridized carbons (Fsp3) is 0.542. The number of aryl methyl sites for hydroxylation is 1. The highest BCUT2D eigenvalue weighted by Crippen LogP contribution is 2.41. The van der Waals surface area contributed by atoms with Crippen LogP contribution in [0.1, 0.15) is 38.7 Å². The molecule has 10 nitrogen and oxygen atoms in total. The predicted octanol–water partition coefficient (Wildman–Crippen LogP) is 2.93. The normalized spacial score (nSPS) is 19.6. The molecule has 186 valence electrons. The first-order valence-electron chi connectivity index (χ1n) is 11.3. The van der Waals surface area contributed by atoms with Crippen LogP contribution >= 0.6 is 0 Å². The maximum absolute atomic E-state index is 9.00. The summed E-state index contributed by atoms with van der Waals surface area (Å²) in [7, 11) is 0. The Morgan fingerprint density at radius 1 is 1.15 bits per heavy atom. The fourth-order valence-electron chi connectivity index (χ4n) is 4.52. The van der Waals surface area contributed by atoms with E-state index >= 15 is 0 Å². The number of hydrogen-bond acceptors (Lipinski definition) is 7. The third-order valence-electron chi connectivity index (χ3n) is 6.03. The smallest absolute Gasteiger partial charge is 0.300 e. The molecule has 1 atom stereocenters. The fourth-order valence-corrected chi connectivity index (χ4v) is 4.52. The van der Waals surface area contributed by atoms with Crippen molar-refractivity contribution in [2.45, 2.75) is 52.7 Å². The molecule has 1 spiro atoms. The van der Waals surface area contributed by atoms with Gasteiger partial charge in [0.2, 0.25) is 6.79 Å². The second kappa shape index (κ2) is 11.3. The van der Waals surface area contributed by atoms with Crippen molar-refractivity contribution < 1.29 is 34.0 Å². The summed E-state index contributed by atoms with van der Waals surface area (Å²) >= 11 is 0. The largest absolute Gasteiger partial charge is 0.481 e. The minimum atomic E-state index is -0.833. The average Bonchev–Trinajstić information content (AvgIpc) is 3.48. The van der Waals surface area contributed by atoms with Gasteiger partial charge < -0.3 is 34.3 Å². The van der Waals surface area contributed by atoms with Gasteiger partial charge in [-0.15, -0.1) is 0 Å². The molecule has 0 amide bonds. The number of rotatable bonds is 3. The number of ether oxygens (including phenoxy) is 3. The van der Waals surface area contributed by atoms with Crippen molar-refractivity contribution in [3.05, 3.63) is 30.1 Å². The number of benzene rings is 1. The Balaban J connectivity index is 0.000000355. The molecular formula is C24H33N3O7. The highest BCUT2D eigenvalue weighted by molar-refractivity contribution is 5.66. The van der Waals surface area contributed by atoms with Gasteiger partial charge in [0.25, 0.3) is 11.9 Å². The van der Waals surface area contributed by atoms with Gasteiger partial charge in [-0.2, -0.15) is 0 Å². The first-order valence-corrected chi connectivity index (χ1v) is 11.3. The summed E-state index contributed by atoms with van der Waals surface area (Å²) in [6, 6.07) is 4.08. The van der Waals surface area contributed by atoms with E-state index in [0.717, 1.165) is 75.0 Å². The maximum atomic E-state index is 9.00. The second-order valence-electron chi connectivity index (χ2n) is 8.85. The van der Waals surface area contributed by atoms with Gasteiger partial charge in [-0.25, -0.2) is 4.98 Å². The summed E-state index contributed by atoms with van der Waals surface area (Å²) in [6.07, 6.45) is 7.77. The van der Waals surface area contributed by atoms with Gasteiger partial charge in [-0.05, 0) is 62.4 Å². The zero-order valence-electron chi connectivity index (χ0n) is 19.9. The van der Waals surface area contributed by atoms with E-state index in [9.17, 15) is 0 Å². The predicted molar refractivity (Wildman–Crippen MR) is 124 cm³/mol. The number of fused-ring (bicyclic) bond motifs is 1. The number of piperidine rings is 1. The molecule has 3 aliphatic heterocycles. The minimum Gasteiger partial charge on any atom is -0.481 e. The Bertz CT molecular complexity index is 978. The molecule has 0 bridgehead atoms. The highest BCUT2D eigenvalue weighted by Gasteiger charge is 2.41. The Hall–Kier alpha value is -3.11. The molecule has 0 aliphatic carbocycles. The number of aromatic nitrogens is 2. The highest BCUT2D eigenvalue weighted by atomic mass is 16.7. The second-order valence-corrected chi connectivity index (χ2v) is 8.85. The van der Waals surface area contributed by atoms with E-state index in [1.807, 2.05) is 18.3 Å². The van der Waals surface area contributed by atoms with Gasteiger partial charge >= 0.3 is 0 Å². The third-order valence-corrected chi connectivity index (χ3v) is 6.03. The Morgan fingerprint density at radius 3 is 2.41 bits per heavy atom. The lowest BCUT2D eigenvalue weighted by molar-refractivity contribution is -0.135. The molecule has 4 heterocycles. The maximum Gasteiger partial charge on any atom is 0.300 e. The van der Waals surface area contributed by atoms with E-state index in [-0.39, 0.29) is 6.10 Å². The number of nitrogens with one attached hydrogen (secondary N) is 1. The van der Waals surface area contributed by atoms with Gasteiger partial charge in [0.05, 0.1) is 19.3 Å². The Labute approximate surface area is 198 Å². The standard InChI is InChI=1S/C20H25N3O3.2C2H4O2/c1-14-8-17-18(26-13-25-17)9-16(14)19-22-6-7-23(19)11-15-10-20(12-24-15)2-4-21-5-3-20;2*1-2(3)4/h6-9,15,21H,2-5,10-13H2,1H3;2*1H3,(H,3,4). The number of hydrogen-bond donors (Lipinski definition) is 3. The molecule has 3 N–H and O–H groups in total.